The van der Waals surface area contributed by atoms with Crippen molar-refractivity contribution >= 4 is 10.9 Å². The molecule has 2 aromatic rings. The normalized spacial score (nSPS) is 16.5. The summed E-state index contributed by atoms with van der Waals surface area (Å²) < 4.78 is 2.25. The summed E-state index contributed by atoms with van der Waals surface area (Å²) in [6.45, 7) is 4.02. The van der Waals surface area contributed by atoms with Gasteiger partial charge in [0.05, 0.1) is 0 Å². The van der Waals surface area contributed by atoms with Crippen molar-refractivity contribution in [3.8, 4) is 5.75 Å². The quantitative estimate of drug-likeness (QED) is 0.882. The van der Waals surface area contributed by atoms with Crippen molar-refractivity contribution in [1.82, 2.24) is 9.88 Å². The average Bonchev–Trinajstić information content (AvgIpc) is 3.03. The summed E-state index contributed by atoms with van der Waals surface area (Å²) in [4.78, 5) is 0. The molecule has 2 N–H and O–H groups in total. The molecular weight excluding hydrogens is 236 g/mol. The van der Waals surface area contributed by atoms with Crippen LogP contribution >= 0.6 is 0 Å². The van der Waals surface area contributed by atoms with E-state index in [1.165, 1.54) is 42.1 Å². The van der Waals surface area contributed by atoms with Crippen molar-refractivity contribution in [1.29, 1.82) is 0 Å². The van der Waals surface area contributed by atoms with Gasteiger partial charge in [0, 0.05) is 36.2 Å². The fourth-order valence-electron chi connectivity index (χ4n) is 3.15. The molecule has 3 heteroatoms. The maximum Gasteiger partial charge on any atom is 0.116 e. The summed E-state index contributed by atoms with van der Waals surface area (Å²) in [7, 11) is 0. The first-order chi connectivity index (χ1) is 9.28. The Balaban J connectivity index is 1.86. The van der Waals surface area contributed by atoms with Gasteiger partial charge in [0.2, 0.25) is 0 Å². The van der Waals surface area contributed by atoms with Crippen LogP contribution in [0, 0.1) is 0 Å². The molecule has 0 atom stereocenters. The molecule has 1 aromatic heterocycles. The lowest BCUT2D eigenvalue weighted by atomic mass is 10.1. The standard InChI is InChI=1S/C16H22N2O/c1-2-18-11-12(10-17-13-5-3-4-6-13)15-9-14(19)7-8-16(15)18/h7-9,11,13,17,19H,2-6,10H2,1H3. The number of aromatic hydroxyl groups is 1. The largest absolute Gasteiger partial charge is 0.508 e. The third kappa shape index (κ3) is 2.47. The first-order valence-electron chi connectivity index (χ1n) is 7.32. The van der Waals surface area contributed by atoms with Crippen LogP contribution in [0.3, 0.4) is 0 Å². The van der Waals surface area contributed by atoms with Gasteiger partial charge in [-0.2, -0.15) is 0 Å². The Labute approximate surface area is 114 Å². The van der Waals surface area contributed by atoms with E-state index in [0.717, 1.165) is 13.1 Å². The molecule has 1 fully saturated rings. The van der Waals surface area contributed by atoms with E-state index in [-0.39, 0.29) is 0 Å². The second-order valence-electron chi connectivity index (χ2n) is 5.50. The van der Waals surface area contributed by atoms with E-state index in [0.29, 0.717) is 11.8 Å². The zero-order valence-electron chi connectivity index (χ0n) is 11.5. The maximum absolute atomic E-state index is 9.69. The van der Waals surface area contributed by atoms with E-state index in [4.69, 9.17) is 0 Å². The number of hydrogen-bond donors (Lipinski definition) is 2. The van der Waals surface area contributed by atoms with Crippen molar-refractivity contribution in [2.24, 2.45) is 0 Å². The third-order valence-electron chi connectivity index (χ3n) is 4.22. The number of fused-ring (bicyclic) bond motifs is 1. The van der Waals surface area contributed by atoms with Gasteiger partial charge in [0.15, 0.2) is 0 Å². The first-order valence-corrected chi connectivity index (χ1v) is 7.32. The first kappa shape index (κ1) is 12.5. The van der Waals surface area contributed by atoms with Gasteiger partial charge in [0.1, 0.15) is 5.75 Å². The minimum atomic E-state index is 0.350. The number of benzene rings is 1. The van der Waals surface area contributed by atoms with Gasteiger partial charge < -0.3 is 15.0 Å². The Morgan fingerprint density at radius 3 is 2.84 bits per heavy atom. The Kier molecular flexibility index (Phi) is 3.47. The lowest BCUT2D eigenvalue weighted by Gasteiger charge is -2.10. The number of rotatable bonds is 4. The molecule has 1 heterocycles. The molecule has 3 rings (SSSR count). The highest BCUT2D eigenvalue weighted by Gasteiger charge is 2.15. The average molecular weight is 258 g/mol. The fourth-order valence-corrected chi connectivity index (χ4v) is 3.15. The summed E-state index contributed by atoms with van der Waals surface area (Å²) in [6, 6.07) is 6.33. The topological polar surface area (TPSA) is 37.2 Å². The lowest BCUT2D eigenvalue weighted by Crippen LogP contribution is -2.25. The van der Waals surface area contributed by atoms with Crippen LogP contribution in [0.2, 0.25) is 0 Å². The van der Waals surface area contributed by atoms with E-state index in [2.05, 4.69) is 23.0 Å². The summed E-state index contributed by atoms with van der Waals surface area (Å²) >= 11 is 0. The Morgan fingerprint density at radius 2 is 2.11 bits per heavy atom. The van der Waals surface area contributed by atoms with E-state index in [1.54, 1.807) is 6.07 Å². The van der Waals surface area contributed by atoms with Gasteiger partial charge in [-0.05, 0) is 43.5 Å². The Bertz CT molecular complexity index is 567. The SMILES string of the molecule is CCn1cc(CNC2CCCC2)c2cc(O)ccc21. The fraction of sp³-hybridized carbons (Fsp3) is 0.500. The molecule has 1 aromatic carbocycles. The maximum atomic E-state index is 9.69. The van der Waals surface area contributed by atoms with Crippen LogP contribution in [-0.4, -0.2) is 15.7 Å². The van der Waals surface area contributed by atoms with E-state index < -0.39 is 0 Å². The van der Waals surface area contributed by atoms with Crippen LogP contribution in [0.4, 0.5) is 0 Å². The molecular formula is C16H22N2O. The third-order valence-corrected chi connectivity index (χ3v) is 4.22. The van der Waals surface area contributed by atoms with Crippen molar-refractivity contribution < 1.29 is 5.11 Å². The number of aryl methyl sites for hydroxylation is 1. The smallest absolute Gasteiger partial charge is 0.116 e. The number of nitrogens with one attached hydrogen (secondary N) is 1. The van der Waals surface area contributed by atoms with Crippen LogP contribution in [0.1, 0.15) is 38.2 Å². The Hall–Kier alpha value is -1.48. The summed E-state index contributed by atoms with van der Waals surface area (Å²) in [6.07, 6.45) is 7.53. The molecule has 1 saturated carbocycles. The van der Waals surface area contributed by atoms with Crippen LogP contribution in [0.15, 0.2) is 24.4 Å². The second-order valence-corrected chi connectivity index (χ2v) is 5.50. The molecule has 0 spiro atoms. The predicted molar refractivity (Wildman–Crippen MR) is 78.4 cm³/mol. The van der Waals surface area contributed by atoms with Crippen LogP contribution in [0.5, 0.6) is 5.75 Å². The van der Waals surface area contributed by atoms with Gasteiger partial charge >= 0.3 is 0 Å². The minimum absolute atomic E-state index is 0.350. The van der Waals surface area contributed by atoms with Gasteiger partial charge in [-0.3, -0.25) is 0 Å². The zero-order chi connectivity index (χ0) is 13.2. The van der Waals surface area contributed by atoms with Gasteiger partial charge in [-0.15, -0.1) is 0 Å². The molecule has 0 unspecified atom stereocenters. The van der Waals surface area contributed by atoms with Crippen molar-refractivity contribution in [2.75, 3.05) is 0 Å². The Morgan fingerprint density at radius 1 is 1.32 bits per heavy atom. The predicted octanol–water partition coefficient (Wildman–Crippen LogP) is 3.40. The lowest BCUT2D eigenvalue weighted by molar-refractivity contribution is 0.476. The van der Waals surface area contributed by atoms with Gasteiger partial charge in [0.25, 0.3) is 0 Å². The molecule has 0 amide bonds. The molecule has 0 bridgehead atoms. The summed E-state index contributed by atoms with van der Waals surface area (Å²) in [5.74, 6) is 0.350. The van der Waals surface area contributed by atoms with Gasteiger partial charge in [-0.1, -0.05) is 12.8 Å². The molecule has 3 nitrogen and oxygen atoms in total. The highest BCUT2D eigenvalue weighted by molar-refractivity contribution is 5.85. The van der Waals surface area contributed by atoms with E-state index in [9.17, 15) is 5.11 Å². The number of phenolic OH excluding ortho intramolecular Hbond substituents is 1. The molecule has 1 aliphatic rings. The van der Waals surface area contributed by atoms with Crippen LogP contribution in [-0.2, 0) is 13.1 Å². The number of aromatic nitrogens is 1. The molecule has 102 valence electrons. The molecule has 0 saturated heterocycles. The number of nitrogens with zero attached hydrogens (tertiary/aromatic N) is 1. The highest BCUT2D eigenvalue weighted by Crippen LogP contribution is 2.26. The van der Waals surface area contributed by atoms with E-state index >= 15 is 0 Å². The summed E-state index contributed by atoms with van der Waals surface area (Å²) in [5, 5.41) is 14.5. The van der Waals surface area contributed by atoms with Crippen LogP contribution < -0.4 is 5.32 Å². The van der Waals surface area contributed by atoms with Crippen LogP contribution in [0.25, 0.3) is 10.9 Å². The van der Waals surface area contributed by atoms with Crippen molar-refractivity contribution in [3.63, 3.8) is 0 Å². The molecule has 0 radical (unpaired) electrons. The van der Waals surface area contributed by atoms with Gasteiger partial charge in [-0.25, -0.2) is 0 Å². The van der Waals surface area contributed by atoms with Crippen molar-refractivity contribution in [2.45, 2.75) is 51.7 Å². The van der Waals surface area contributed by atoms with Crippen molar-refractivity contribution in [3.05, 3.63) is 30.0 Å². The summed E-state index contributed by atoms with van der Waals surface area (Å²) in [5.41, 5.74) is 2.50. The van der Waals surface area contributed by atoms with E-state index in [1.807, 2.05) is 12.1 Å². The minimum Gasteiger partial charge on any atom is -0.508 e. The monoisotopic (exact) mass is 258 g/mol. The highest BCUT2D eigenvalue weighted by atomic mass is 16.3. The zero-order valence-corrected chi connectivity index (χ0v) is 11.5. The molecule has 1 aliphatic carbocycles. The molecule has 0 aliphatic heterocycles. The number of hydrogen-bond acceptors (Lipinski definition) is 2. The molecule has 19 heavy (non-hydrogen) atoms. The number of phenols is 1. The second kappa shape index (κ2) is 5.25.